The van der Waals surface area contributed by atoms with Crippen molar-refractivity contribution in [1.82, 2.24) is 0 Å². The summed E-state index contributed by atoms with van der Waals surface area (Å²) in [6, 6.07) is 6.55. The molecule has 45 heavy (non-hydrogen) atoms. The number of carbonyl (C=O) groups excluding carboxylic acids is 1. The number of aliphatic hydroxyl groups excluding tert-OH is 4. The Balaban J connectivity index is 1.44. The lowest BCUT2D eigenvalue weighted by Crippen LogP contribution is -2.60. The number of nitrogens with one attached hydrogen (secondary N) is 1. The zero-order valence-electron chi connectivity index (χ0n) is 27.4. The van der Waals surface area contributed by atoms with Crippen molar-refractivity contribution in [3.63, 3.8) is 0 Å². The number of aliphatic hydroxyl groups is 4. The molecular formula is C37H57NO7. The summed E-state index contributed by atoms with van der Waals surface area (Å²) in [5, 5.41) is 42.1. The second kappa shape index (κ2) is 24.6. The van der Waals surface area contributed by atoms with Gasteiger partial charge in [-0.15, -0.1) is 0 Å². The van der Waals surface area contributed by atoms with Crippen LogP contribution in [0.5, 0.6) is 5.75 Å². The van der Waals surface area contributed by atoms with Gasteiger partial charge in [0.25, 0.3) is 0 Å². The summed E-state index contributed by atoms with van der Waals surface area (Å²) in [7, 11) is 0. The fourth-order valence-corrected chi connectivity index (χ4v) is 5.26. The van der Waals surface area contributed by atoms with Crippen molar-refractivity contribution in [2.45, 2.75) is 160 Å². The van der Waals surface area contributed by atoms with Gasteiger partial charge in [0.05, 0.1) is 6.61 Å². The quantitative estimate of drug-likeness (QED) is 0.0760. The highest BCUT2D eigenvalue weighted by molar-refractivity contribution is 5.90. The van der Waals surface area contributed by atoms with Crippen molar-refractivity contribution in [1.29, 1.82) is 0 Å². The molecule has 0 bridgehead atoms. The molecule has 1 aliphatic heterocycles. The van der Waals surface area contributed by atoms with Gasteiger partial charge in [0, 0.05) is 24.9 Å². The van der Waals surface area contributed by atoms with Gasteiger partial charge >= 0.3 is 0 Å². The van der Waals surface area contributed by atoms with Gasteiger partial charge in [-0.3, -0.25) is 4.79 Å². The molecule has 8 heteroatoms. The summed E-state index contributed by atoms with van der Waals surface area (Å²) in [5.74, 6) is 12.6. The van der Waals surface area contributed by atoms with E-state index in [1.165, 1.54) is 64.2 Å². The second-order valence-electron chi connectivity index (χ2n) is 12.0. The van der Waals surface area contributed by atoms with E-state index in [9.17, 15) is 25.2 Å². The van der Waals surface area contributed by atoms with E-state index in [0.29, 0.717) is 17.9 Å². The van der Waals surface area contributed by atoms with Crippen LogP contribution in [0.25, 0.3) is 0 Å². The fraction of sp³-hybridized carbons (Fsp3) is 0.703. The Hall–Kier alpha value is -2.59. The van der Waals surface area contributed by atoms with E-state index in [4.69, 9.17) is 9.47 Å². The first-order valence-corrected chi connectivity index (χ1v) is 17.3. The van der Waals surface area contributed by atoms with Crippen LogP contribution >= 0.6 is 0 Å². The van der Waals surface area contributed by atoms with E-state index in [1.807, 2.05) is 0 Å². The summed E-state index contributed by atoms with van der Waals surface area (Å²) >= 11 is 0. The molecule has 0 radical (unpaired) electrons. The first-order valence-electron chi connectivity index (χ1n) is 17.3. The van der Waals surface area contributed by atoms with Gasteiger partial charge in [0.2, 0.25) is 12.2 Å². The number of anilines is 1. The van der Waals surface area contributed by atoms with Crippen molar-refractivity contribution in [2.75, 3.05) is 11.9 Å². The molecule has 1 heterocycles. The number of carbonyl (C=O) groups is 1. The molecule has 1 aromatic rings. The lowest BCUT2D eigenvalue weighted by molar-refractivity contribution is -0.277. The number of amides is 1. The third kappa shape index (κ3) is 17.1. The normalized spacial score (nSPS) is 20.9. The van der Waals surface area contributed by atoms with Crippen LogP contribution in [0.2, 0.25) is 0 Å². The summed E-state index contributed by atoms with van der Waals surface area (Å²) in [5.41, 5.74) is 0.616. The topological polar surface area (TPSA) is 128 Å². The maximum absolute atomic E-state index is 12.3. The third-order valence-electron chi connectivity index (χ3n) is 8.09. The summed E-state index contributed by atoms with van der Waals surface area (Å²) in [6.45, 7) is 1.74. The van der Waals surface area contributed by atoms with Crippen LogP contribution in [-0.4, -0.2) is 63.6 Å². The highest BCUT2D eigenvalue weighted by Gasteiger charge is 2.44. The molecule has 1 aliphatic rings. The van der Waals surface area contributed by atoms with E-state index in [2.05, 4.69) is 35.9 Å². The zero-order valence-corrected chi connectivity index (χ0v) is 27.4. The van der Waals surface area contributed by atoms with Crippen molar-refractivity contribution in [3.8, 4) is 29.4 Å². The lowest BCUT2D eigenvalue weighted by Gasteiger charge is -2.39. The average Bonchev–Trinajstić information content (AvgIpc) is 3.04. The minimum atomic E-state index is -1.51. The molecule has 1 aromatic carbocycles. The molecule has 0 spiro atoms. The minimum Gasteiger partial charge on any atom is -0.462 e. The average molecular weight is 628 g/mol. The number of ether oxygens (including phenoxy) is 2. The van der Waals surface area contributed by atoms with Crippen molar-refractivity contribution in [2.24, 2.45) is 0 Å². The largest absolute Gasteiger partial charge is 0.462 e. The minimum absolute atomic E-state index is 0.0536. The molecule has 1 fully saturated rings. The van der Waals surface area contributed by atoms with Crippen LogP contribution in [-0.2, 0) is 9.53 Å². The first-order chi connectivity index (χ1) is 22.0. The second-order valence-corrected chi connectivity index (χ2v) is 12.0. The van der Waals surface area contributed by atoms with Crippen LogP contribution in [0, 0.1) is 23.7 Å². The molecule has 2 rings (SSSR count). The molecule has 0 aromatic heterocycles. The Morgan fingerprint density at radius 2 is 1.24 bits per heavy atom. The maximum atomic E-state index is 12.3. The number of hydrogen-bond acceptors (Lipinski definition) is 7. The molecular weight excluding hydrogens is 570 g/mol. The molecule has 1 amide bonds. The fourth-order valence-electron chi connectivity index (χ4n) is 5.26. The molecule has 0 saturated carbocycles. The number of benzene rings is 1. The smallest absolute Gasteiger partial charge is 0.229 e. The number of rotatable bonds is 22. The molecule has 0 unspecified atom stereocenters. The Labute approximate surface area is 271 Å². The highest BCUT2D eigenvalue weighted by Crippen LogP contribution is 2.25. The Morgan fingerprint density at radius 1 is 0.733 bits per heavy atom. The molecule has 8 nitrogen and oxygen atoms in total. The predicted molar refractivity (Wildman–Crippen MR) is 178 cm³/mol. The van der Waals surface area contributed by atoms with Gasteiger partial charge in [-0.1, -0.05) is 102 Å². The van der Waals surface area contributed by atoms with E-state index >= 15 is 0 Å². The molecule has 1 saturated heterocycles. The van der Waals surface area contributed by atoms with E-state index in [1.54, 1.807) is 24.3 Å². The van der Waals surface area contributed by atoms with Crippen LogP contribution < -0.4 is 10.1 Å². The Bertz CT molecular complexity index is 1040. The van der Waals surface area contributed by atoms with E-state index in [0.717, 1.165) is 51.4 Å². The summed E-state index contributed by atoms with van der Waals surface area (Å²) in [6.07, 6.45) is 15.3. The maximum Gasteiger partial charge on any atom is 0.229 e. The summed E-state index contributed by atoms with van der Waals surface area (Å²) < 4.78 is 10.9. The van der Waals surface area contributed by atoms with Crippen molar-refractivity contribution >= 4 is 11.6 Å². The Kier molecular flexibility index (Phi) is 21.1. The van der Waals surface area contributed by atoms with Gasteiger partial charge < -0.3 is 35.2 Å². The van der Waals surface area contributed by atoms with Gasteiger partial charge in [-0.25, -0.2) is 0 Å². The van der Waals surface area contributed by atoms with Gasteiger partial charge in [-0.05, 0) is 55.4 Å². The van der Waals surface area contributed by atoms with Crippen LogP contribution in [0.3, 0.4) is 0 Å². The van der Waals surface area contributed by atoms with Crippen LogP contribution in [0.1, 0.15) is 129 Å². The molecule has 5 atom stereocenters. The van der Waals surface area contributed by atoms with Crippen molar-refractivity contribution in [3.05, 3.63) is 24.3 Å². The lowest BCUT2D eigenvalue weighted by atomic mass is 9.99. The summed E-state index contributed by atoms with van der Waals surface area (Å²) in [4.78, 5) is 12.3. The molecule has 0 aliphatic carbocycles. The third-order valence-corrected chi connectivity index (χ3v) is 8.09. The van der Waals surface area contributed by atoms with Crippen molar-refractivity contribution < 1.29 is 34.7 Å². The number of hydrogen-bond donors (Lipinski definition) is 5. The van der Waals surface area contributed by atoms with Crippen LogP contribution in [0.15, 0.2) is 24.3 Å². The van der Waals surface area contributed by atoms with E-state index < -0.39 is 37.3 Å². The predicted octanol–water partition coefficient (Wildman–Crippen LogP) is 6.24. The highest BCUT2D eigenvalue weighted by atomic mass is 16.7. The van der Waals surface area contributed by atoms with E-state index in [-0.39, 0.29) is 5.91 Å². The van der Waals surface area contributed by atoms with Gasteiger partial charge in [-0.2, -0.15) is 0 Å². The van der Waals surface area contributed by atoms with Crippen LogP contribution in [0.4, 0.5) is 5.69 Å². The molecule has 252 valence electrons. The Morgan fingerprint density at radius 3 is 1.78 bits per heavy atom. The van der Waals surface area contributed by atoms with Gasteiger partial charge in [0.1, 0.15) is 30.2 Å². The standard InChI is InChI=1S/C37H57NO7/c1-2-3-4-5-6-7-8-9-10-11-12-13-14-15-16-17-18-19-20-21-22-23-24-33(40)38-30-25-27-31(28-26-30)44-37-36(43)35(42)34(41)32(29-39)45-37/h25-28,32,34-37,39,41-43H,2-12,17-24,29H2,1H3,(H,38,40)/t32-,34-,35+,36+,37+/m1/s1. The SMILES string of the molecule is CCCCCCCCCCCCC#CC#CCCCCCCCCC(=O)Nc1ccc(O[C@H]2O[C@H](CO)[C@@H](O)[C@H](O)[C@@H]2O)cc1. The first kappa shape index (κ1) is 38.6. The monoisotopic (exact) mass is 627 g/mol. The van der Waals surface area contributed by atoms with Gasteiger partial charge in [0.15, 0.2) is 0 Å². The number of unbranched alkanes of at least 4 members (excludes halogenated alkanes) is 16. The zero-order chi connectivity index (χ0) is 32.5. The molecule has 5 N–H and O–H groups in total.